The molecular weight excluding hydrogens is 473 g/mol. The van der Waals surface area contributed by atoms with Crippen LogP contribution in [0.3, 0.4) is 0 Å². The molecule has 3 aliphatic rings. The van der Waals surface area contributed by atoms with Crippen LogP contribution in [0.4, 0.5) is 19.7 Å². The van der Waals surface area contributed by atoms with E-state index in [0.717, 1.165) is 4.90 Å². The van der Waals surface area contributed by atoms with Gasteiger partial charge in [0.25, 0.3) is 5.91 Å². The molecule has 0 saturated carbocycles. The van der Waals surface area contributed by atoms with Gasteiger partial charge in [-0.3, -0.25) is 14.5 Å². The highest BCUT2D eigenvalue weighted by Gasteiger charge is 2.57. The van der Waals surface area contributed by atoms with Crippen LogP contribution in [-0.2, 0) is 21.7 Å². The van der Waals surface area contributed by atoms with Gasteiger partial charge in [-0.15, -0.1) is 0 Å². The van der Waals surface area contributed by atoms with Gasteiger partial charge in [0.05, 0.1) is 6.04 Å². The minimum absolute atomic E-state index is 0.0783. The SMILES string of the molecule is CNC(=O)Nc1ccc2c(c1)OCC21NC(=O)N(CC(=O)N2Cc3cc(F)ccc3OC[C@H]2C)C1=O. The average Bonchev–Trinajstić information content (AvgIpc) is 3.26. The molecule has 1 spiro atoms. The number of urea groups is 2. The molecule has 0 aromatic heterocycles. The first kappa shape index (κ1) is 23.4. The van der Waals surface area contributed by atoms with Gasteiger partial charge in [0.2, 0.25) is 5.91 Å². The Balaban J connectivity index is 1.35. The minimum atomic E-state index is -1.47. The van der Waals surface area contributed by atoms with Gasteiger partial charge in [-0.25, -0.2) is 14.0 Å². The molecule has 2 aromatic carbocycles. The second-order valence-corrected chi connectivity index (χ2v) is 8.86. The second-order valence-electron chi connectivity index (χ2n) is 8.86. The number of carbonyl (C=O) groups is 4. The van der Waals surface area contributed by atoms with Gasteiger partial charge >= 0.3 is 12.1 Å². The topological polar surface area (TPSA) is 129 Å². The molecule has 0 bridgehead atoms. The van der Waals surface area contributed by atoms with Gasteiger partial charge in [-0.2, -0.15) is 0 Å². The summed E-state index contributed by atoms with van der Waals surface area (Å²) in [4.78, 5) is 53.5. The van der Waals surface area contributed by atoms with Crippen LogP contribution in [-0.4, -0.2) is 66.5 Å². The highest BCUT2D eigenvalue weighted by Crippen LogP contribution is 2.42. The van der Waals surface area contributed by atoms with Crippen LogP contribution in [0.25, 0.3) is 0 Å². The molecule has 2 aromatic rings. The number of anilines is 1. The molecule has 5 rings (SSSR count). The van der Waals surface area contributed by atoms with Crippen LogP contribution in [0.5, 0.6) is 11.5 Å². The third kappa shape index (κ3) is 3.84. The number of fused-ring (bicyclic) bond motifs is 3. The number of imide groups is 1. The van der Waals surface area contributed by atoms with Crippen molar-refractivity contribution >= 4 is 29.6 Å². The predicted molar refractivity (Wildman–Crippen MR) is 124 cm³/mol. The Labute approximate surface area is 205 Å². The number of hydrogen-bond donors (Lipinski definition) is 3. The summed E-state index contributed by atoms with van der Waals surface area (Å²) in [5.74, 6) is -0.728. The Bertz CT molecular complexity index is 1290. The van der Waals surface area contributed by atoms with Crippen molar-refractivity contribution in [2.24, 2.45) is 0 Å². The Morgan fingerprint density at radius 1 is 1.17 bits per heavy atom. The van der Waals surface area contributed by atoms with E-state index >= 15 is 0 Å². The molecule has 1 unspecified atom stereocenters. The molecule has 188 valence electrons. The van der Waals surface area contributed by atoms with E-state index in [1.165, 1.54) is 30.1 Å². The Morgan fingerprint density at radius 3 is 2.75 bits per heavy atom. The molecule has 0 radical (unpaired) electrons. The van der Waals surface area contributed by atoms with Gasteiger partial charge < -0.3 is 30.3 Å². The number of rotatable bonds is 3. The number of amides is 6. The fourth-order valence-corrected chi connectivity index (χ4v) is 4.59. The zero-order valence-corrected chi connectivity index (χ0v) is 19.6. The highest BCUT2D eigenvalue weighted by atomic mass is 19.1. The third-order valence-corrected chi connectivity index (χ3v) is 6.54. The van der Waals surface area contributed by atoms with Gasteiger partial charge in [0.1, 0.15) is 37.1 Å². The lowest BCUT2D eigenvalue weighted by atomic mass is 9.92. The smallest absolute Gasteiger partial charge is 0.325 e. The summed E-state index contributed by atoms with van der Waals surface area (Å²) in [5, 5.41) is 7.73. The Hall–Kier alpha value is -4.35. The number of hydrogen-bond acceptors (Lipinski definition) is 6. The minimum Gasteiger partial charge on any atom is -0.491 e. The van der Waals surface area contributed by atoms with Crippen molar-refractivity contribution in [3.05, 3.63) is 53.3 Å². The van der Waals surface area contributed by atoms with Crippen molar-refractivity contribution in [3.8, 4) is 11.5 Å². The summed E-state index contributed by atoms with van der Waals surface area (Å²) in [7, 11) is 1.48. The molecule has 3 N–H and O–H groups in total. The highest BCUT2D eigenvalue weighted by molar-refractivity contribution is 6.10. The van der Waals surface area contributed by atoms with Crippen molar-refractivity contribution in [1.82, 2.24) is 20.4 Å². The van der Waals surface area contributed by atoms with Crippen molar-refractivity contribution in [2.75, 3.05) is 32.1 Å². The van der Waals surface area contributed by atoms with Gasteiger partial charge in [-0.05, 0) is 31.2 Å². The molecule has 36 heavy (non-hydrogen) atoms. The zero-order chi connectivity index (χ0) is 25.6. The fraction of sp³-hybridized carbons (Fsp3) is 0.333. The summed E-state index contributed by atoms with van der Waals surface area (Å²) >= 11 is 0. The van der Waals surface area contributed by atoms with E-state index in [9.17, 15) is 23.6 Å². The number of nitrogens with one attached hydrogen (secondary N) is 3. The zero-order valence-electron chi connectivity index (χ0n) is 19.6. The summed E-state index contributed by atoms with van der Waals surface area (Å²) < 4.78 is 25.2. The van der Waals surface area contributed by atoms with Crippen molar-refractivity contribution in [3.63, 3.8) is 0 Å². The third-order valence-electron chi connectivity index (χ3n) is 6.54. The number of halogens is 1. The first-order valence-electron chi connectivity index (χ1n) is 11.3. The monoisotopic (exact) mass is 497 g/mol. The van der Waals surface area contributed by atoms with Gasteiger partial charge in [0.15, 0.2) is 5.54 Å². The van der Waals surface area contributed by atoms with E-state index in [4.69, 9.17) is 9.47 Å². The average molecular weight is 497 g/mol. The van der Waals surface area contributed by atoms with Crippen LogP contribution >= 0.6 is 0 Å². The van der Waals surface area contributed by atoms with E-state index < -0.39 is 41.8 Å². The largest absolute Gasteiger partial charge is 0.491 e. The van der Waals surface area contributed by atoms with E-state index in [2.05, 4.69) is 16.0 Å². The van der Waals surface area contributed by atoms with Crippen LogP contribution in [0, 0.1) is 5.82 Å². The van der Waals surface area contributed by atoms with Crippen molar-refractivity contribution in [1.29, 1.82) is 0 Å². The molecule has 0 aliphatic carbocycles. The van der Waals surface area contributed by atoms with Crippen LogP contribution < -0.4 is 25.4 Å². The first-order chi connectivity index (χ1) is 17.2. The molecule has 1 saturated heterocycles. The summed E-state index contributed by atoms with van der Waals surface area (Å²) in [6.07, 6.45) is 0. The molecule has 3 aliphatic heterocycles. The molecular formula is C24H24FN5O6. The van der Waals surface area contributed by atoms with E-state index in [1.54, 1.807) is 25.1 Å². The Morgan fingerprint density at radius 2 is 1.97 bits per heavy atom. The Kier molecular flexibility index (Phi) is 5.65. The number of ether oxygens (including phenoxy) is 2. The summed E-state index contributed by atoms with van der Waals surface area (Å²) in [6, 6.07) is 7.33. The van der Waals surface area contributed by atoms with E-state index in [-0.39, 0.29) is 25.8 Å². The van der Waals surface area contributed by atoms with E-state index in [1.807, 2.05) is 0 Å². The predicted octanol–water partition coefficient (Wildman–Crippen LogP) is 1.53. The molecule has 1 fully saturated rings. The molecule has 3 heterocycles. The van der Waals surface area contributed by atoms with Gasteiger partial charge in [-0.1, -0.05) is 6.07 Å². The number of benzene rings is 2. The summed E-state index contributed by atoms with van der Waals surface area (Å²) in [5.41, 5.74) is -0.0931. The van der Waals surface area contributed by atoms with Crippen LogP contribution in [0.1, 0.15) is 18.1 Å². The number of nitrogens with zero attached hydrogens (tertiary/aromatic N) is 2. The number of carbonyl (C=O) groups excluding carboxylic acids is 4. The molecule has 12 heteroatoms. The quantitative estimate of drug-likeness (QED) is 0.552. The molecule has 2 atom stereocenters. The van der Waals surface area contributed by atoms with Crippen LogP contribution in [0.2, 0.25) is 0 Å². The van der Waals surface area contributed by atoms with Gasteiger partial charge in [0, 0.05) is 36.5 Å². The maximum absolute atomic E-state index is 13.8. The lowest BCUT2D eigenvalue weighted by Crippen LogP contribution is -2.48. The maximum Gasteiger partial charge on any atom is 0.325 e. The lowest BCUT2D eigenvalue weighted by Gasteiger charge is -2.28. The second kappa shape index (κ2) is 8.70. The maximum atomic E-state index is 13.8. The fourth-order valence-electron chi connectivity index (χ4n) is 4.59. The van der Waals surface area contributed by atoms with E-state index in [0.29, 0.717) is 28.3 Å². The lowest BCUT2D eigenvalue weighted by molar-refractivity contribution is -0.141. The van der Waals surface area contributed by atoms with Crippen LogP contribution in [0.15, 0.2) is 36.4 Å². The molecule has 6 amide bonds. The standard InChI is InChI=1S/C24H24FN5O6/c1-13-11-35-18-6-3-15(25)7-14(18)9-29(13)20(31)10-30-21(32)24(28-23(30)34)12-36-19-8-16(4-5-17(19)24)27-22(33)26-2/h3-8,13H,9-12H2,1-2H3,(H,28,34)(H2,26,27,33)/t13-,24?/m1/s1. The normalized spacial score (nSPS) is 22.2. The molecule has 11 nitrogen and oxygen atoms in total. The summed E-state index contributed by atoms with van der Waals surface area (Å²) in [6.45, 7) is 1.39. The van der Waals surface area contributed by atoms with Crippen molar-refractivity contribution in [2.45, 2.75) is 25.0 Å². The van der Waals surface area contributed by atoms with Crippen molar-refractivity contribution < 1.29 is 33.0 Å². The first-order valence-corrected chi connectivity index (χ1v) is 11.3.